The van der Waals surface area contributed by atoms with Crippen LogP contribution in [0.5, 0.6) is 0 Å². The van der Waals surface area contributed by atoms with Crippen LogP contribution in [0.1, 0.15) is 0 Å². The van der Waals surface area contributed by atoms with E-state index in [2.05, 4.69) is 19.9 Å². The lowest BCUT2D eigenvalue weighted by atomic mass is 10.5. The molecule has 2 rings (SSSR count). The molecule has 0 aliphatic rings. The number of hydrogen-bond donors (Lipinski definition) is 1. The Balaban J connectivity index is 2.79. The summed E-state index contributed by atoms with van der Waals surface area (Å²) >= 11 is 0. The molecule has 0 radical (unpaired) electrons. The molecule has 72 valence electrons. The Kier molecular flexibility index (Phi) is 1.88. The predicted octanol–water partition coefficient (Wildman–Crippen LogP) is -0.221. The highest BCUT2D eigenvalue weighted by molar-refractivity contribution is 5.68. The van der Waals surface area contributed by atoms with Gasteiger partial charge < -0.3 is 4.90 Å². The van der Waals surface area contributed by atoms with Gasteiger partial charge in [-0.2, -0.15) is 4.98 Å². The molecule has 0 aliphatic heterocycles. The second-order valence-corrected chi connectivity index (χ2v) is 3.01. The minimum Gasteiger partial charge on any atom is -0.348 e. The van der Waals surface area contributed by atoms with Crippen LogP contribution in [0.25, 0.3) is 11.2 Å². The molecule has 2 heterocycles. The molecule has 0 unspecified atom stereocenters. The van der Waals surface area contributed by atoms with Crippen LogP contribution >= 0.6 is 0 Å². The number of aromatic nitrogens is 4. The lowest BCUT2D eigenvalue weighted by Gasteiger charge is -2.09. The summed E-state index contributed by atoms with van der Waals surface area (Å²) in [6.45, 7) is 0. The van der Waals surface area contributed by atoms with E-state index < -0.39 is 0 Å². The molecule has 2 aromatic rings. The van der Waals surface area contributed by atoms with E-state index in [1.165, 1.54) is 12.4 Å². The van der Waals surface area contributed by atoms with Crippen LogP contribution in [0.4, 0.5) is 5.95 Å². The van der Waals surface area contributed by atoms with E-state index in [1.807, 2.05) is 0 Å². The van der Waals surface area contributed by atoms with E-state index in [9.17, 15) is 4.79 Å². The standard InChI is InChI=1S/C8H9N5O/c1-13(2)8-11-6-5(7(14)12-8)9-3-4-10-6/h3-4H,1-2H3,(H,10,11,12,14). The Hall–Kier alpha value is -1.98. The van der Waals surface area contributed by atoms with E-state index in [0.29, 0.717) is 11.6 Å². The number of fused-ring (bicyclic) bond motifs is 1. The zero-order chi connectivity index (χ0) is 10.1. The van der Waals surface area contributed by atoms with Crippen molar-refractivity contribution in [2.75, 3.05) is 19.0 Å². The van der Waals surface area contributed by atoms with Gasteiger partial charge in [-0.1, -0.05) is 0 Å². The van der Waals surface area contributed by atoms with E-state index >= 15 is 0 Å². The molecule has 0 spiro atoms. The van der Waals surface area contributed by atoms with Gasteiger partial charge in [-0.3, -0.25) is 9.78 Å². The van der Waals surface area contributed by atoms with Crippen LogP contribution < -0.4 is 10.5 Å². The summed E-state index contributed by atoms with van der Waals surface area (Å²) in [7, 11) is 3.58. The molecule has 0 atom stereocenters. The summed E-state index contributed by atoms with van der Waals surface area (Å²) in [6, 6.07) is 0. The van der Waals surface area contributed by atoms with Crippen LogP contribution in [0.15, 0.2) is 17.2 Å². The van der Waals surface area contributed by atoms with E-state index in [-0.39, 0.29) is 11.1 Å². The quantitative estimate of drug-likeness (QED) is 0.674. The Bertz CT molecular complexity index is 518. The van der Waals surface area contributed by atoms with Crippen molar-refractivity contribution in [3.8, 4) is 0 Å². The highest BCUT2D eigenvalue weighted by Crippen LogP contribution is 2.03. The monoisotopic (exact) mass is 191 g/mol. The molecule has 1 N–H and O–H groups in total. The van der Waals surface area contributed by atoms with Gasteiger partial charge in [0, 0.05) is 26.5 Å². The van der Waals surface area contributed by atoms with Crippen LogP contribution in [0, 0.1) is 0 Å². The van der Waals surface area contributed by atoms with Gasteiger partial charge in [0.25, 0.3) is 5.56 Å². The molecule has 6 nitrogen and oxygen atoms in total. The van der Waals surface area contributed by atoms with Gasteiger partial charge in [0.05, 0.1) is 0 Å². The average molecular weight is 191 g/mol. The Morgan fingerprint density at radius 1 is 1.29 bits per heavy atom. The summed E-state index contributed by atoms with van der Waals surface area (Å²) < 4.78 is 0. The minimum atomic E-state index is -0.271. The average Bonchev–Trinajstić information content (AvgIpc) is 2.17. The smallest absolute Gasteiger partial charge is 0.280 e. The van der Waals surface area contributed by atoms with Gasteiger partial charge in [-0.25, -0.2) is 9.97 Å². The Labute approximate surface area is 79.6 Å². The zero-order valence-electron chi connectivity index (χ0n) is 7.85. The maximum Gasteiger partial charge on any atom is 0.280 e. The van der Waals surface area contributed by atoms with Crippen LogP contribution in [-0.2, 0) is 0 Å². The Morgan fingerprint density at radius 2 is 2.00 bits per heavy atom. The summed E-state index contributed by atoms with van der Waals surface area (Å²) in [4.78, 5) is 27.8. The lowest BCUT2D eigenvalue weighted by Crippen LogP contribution is -2.19. The molecular weight excluding hydrogens is 182 g/mol. The molecule has 0 aromatic carbocycles. The summed E-state index contributed by atoms with van der Waals surface area (Å²) in [6.07, 6.45) is 2.97. The third kappa shape index (κ3) is 1.30. The third-order valence-electron chi connectivity index (χ3n) is 1.75. The molecule has 0 fully saturated rings. The number of aromatic amines is 1. The molecular formula is C8H9N5O. The van der Waals surface area contributed by atoms with Crippen molar-refractivity contribution in [2.24, 2.45) is 0 Å². The highest BCUT2D eigenvalue weighted by Gasteiger charge is 2.05. The number of nitrogens with one attached hydrogen (secondary N) is 1. The second kappa shape index (κ2) is 3.06. The largest absolute Gasteiger partial charge is 0.348 e. The van der Waals surface area contributed by atoms with Crippen molar-refractivity contribution >= 4 is 17.1 Å². The molecule has 2 aromatic heterocycles. The van der Waals surface area contributed by atoms with Crippen molar-refractivity contribution in [1.29, 1.82) is 0 Å². The zero-order valence-corrected chi connectivity index (χ0v) is 7.85. The first-order chi connectivity index (χ1) is 6.68. The van der Waals surface area contributed by atoms with Gasteiger partial charge >= 0.3 is 0 Å². The minimum absolute atomic E-state index is 0.262. The number of anilines is 1. The molecule has 0 amide bonds. The summed E-state index contributed by atoms with van der Waals surface area (Å²) in [5.74, 6) is 0.475. The van der Waals surface area contributed by atoms with E-state index in [4.69, 9.17) is 0 Å². The normalized spacial score (nSPS) is 10.4. The fourth-order valence-corrected chi connectivity index (χ4v) is 1.07. The van der Waals surface area contributed by atoms with Crippen molar-refractivity contribution in [3.63, 3.8) is 0 Å². The number of rotatable bonds is 1. The fraction of sp³-hybridized carbons (Fsp3) is 0.250. The van der Waals surface area contributed by atoms with E-state index in [1.54, 1.807) is 19.0 Å². The third-order valence-corrected chi connectivity index (χ3v) is 1.75. The fourth-order valence-electron chi connectivity index (χ4n) is 1.07. The molecule has 0 saturated carbocycles. The molecule has 0 bridgehead atoms. The van der Waals surface area contributed by atoms with Gasteiger partial charge in [0.2, 0.25) is 5.95 Å². The van der Waals surface area contributed by atoms with Crippen molar-refractivity contribution < 1.29 is 0 Å². The van der Waals surface area contributed by atoms with Crippen molar-refractivity contribution in [2.45, 2.75) is 0 Å². The number of nitrogens with zero attached hydrogens (tertiary/aromatic N) is 4. The van der Waals surface area contributed by atoms with Crippen LogP contribution in [-0.4, -0.2) is 34.0 Å². The predicted molar refractivity (Wildman–Crippen MR) is 52.3 cm³/mol. The molecule has 0 saturated heterocycles. The molecule has 14 heavy (non-hydrogen) atoms. The van der Waals surface area contributed by atoms with Gasteiger partial charge in [0.15, 0.2) is 11.2 Å². The second-order valence-electron chi connectivity index (χ2n) is 3.01. The maximum absolute atomic E-state index is 11.5. The first-order valence-corrected chi connectivity index (χ1v) is 4.07. The van der Waals surface area contributed by atoms with Gasteiger partial charge in [0.1, 0.15) is 0 Å². The number of hydrogen-bond acceptors (Lipinski definition) is 5. The summed E-state index contributed by atoms with van der Waals surface area (Å²) in [5, 5.41) is 0. The first kappa shape index (κ1) is 8.61. The van der Waals surface area contributed by atoms with Gasteiger partial charge in [-0.15, -0.1) is 0 Å². The van der Waals surface area contributed by atoms with E-state index in [0.717, 1.165) is 0 Å². The van der Waals surface area contributed by atoms with Crippen molar-refractivity contribution in [3.05, 3.63) is 22.7 Å². The van der Waals surface area contributed by atoms with Gasteiger partial charge in [-0.05, 0) is 0 Å². The van der Waals surface area contributed by atoms with Crippen molar-refractivity contribution in [1.82, 2.24) is 19.9 Å². The SMILES string of the molecule is CN(C)c1nc2nccnc2c(=O)[nH]1. The first-order valence-electron chi connectivity index (χ1n) is 4.07. The van der Waals surface area contributed by atoms with Crippen LogP contribution in [0.2, 0.25) is 0 Å². The number of H-pyrrole nitrogens is 1. The topological polar surface area (TPSA) is 74.8 Å². The maximum atomic E-state index is 11.5. The lowest BCUT2D eigenvalue weighted by molar-refractivity contribution is 0.987. The van der Waals surface area contributed by atoms with Crippen LogP contribution in [0.3, 0.4) is 0 Å². The highest BCUT2D eigenvalue weighted by atomic mass is 16.1. The Morgan fingerprint density at radius 3 is 2.71 bits per heavy atom. The molecule has 6 heteroatoms. The summed E-state index contributed by atoms with van der Waals surface area (Å²) in [5.41, 5.74) is 0.352. The molecule has 0 aliphatic carbocycles.